The Bertz CT molecular complexity index is 1310. The summed E-state index contributed by atoms with van der Waals surface area (Å²) in [4.78, 5) is 16.2. The third-order valence-electron chi connectivity index (χ3n) is 6.31. The molecule has 0 saturated carbocycles. The minimum absolute atomic E-state index is 0.123. The molecule has 0 amide bonds. The molecule has 1 N–H and O–H groups in total. The van der Waals surface area contributed by atoms with Crippen LogP contribution in [0, 0.1) is 11.7 Å². The summed E-state index contributed by atoms with van der Waals surface area (Å²) in [6.07, 6.45) is 2.26. The molecule has 4 aromatic rings. The van der Waals surface area contributed by atoms with Crippen LogP contribution in [0.2, 0.25) is 0 Å². The molecule has 4 nitrogen and oxygen atoms in total. The summed E-state index contributed by atoms with van der Waals surface area (Å²) in [5, 5.41) is 10.7. The standard InChI is InChI=1S/C28H26FNO3S/c1-18-12-14-30(17-18)15-13-19-2-9-23(10-3-19)33-27-24-11-8-22(31)16-25(24)34-28(27)26(32)20-4-6-21(29)7-5-20/h2-11,16,18,31H,12-15,17H2,1H3/t18-/m0/s1. The van der Waals surface area contributed by atoms with Crippen molar-refractivity contribution in [1.29, 1.82) is 0 Å². The largest absolute Gasteiger partial charge is 0.508 e. The van der Waals surface area contributed by atoms with Crippen molar-refractivity contribution in [2.45, 2.75) is 19.8 Å². The van der Waals surface area contributed by atoms with Gasteiger partial charge in [-0.1, -0.05) is 19.1 Å². The third-order valence-corrected chi connectivity index (χ3v) is 7.44. The molecule has 0 unspecified atom stereocenters. The van der Waals surface area contributed by atoms with E-state index < -0.39 is 5.82 Å². The Hall–Kier alpha value is -3.22. The first-order valence-corrected chi connectivity index (χ1v) is 12.3. The van der Waals surface area contributed by atoms with Gasteiger partial charge in [0.2, 0.25) is 5.78 Å². The zero-order valence-electron chi connectivity index (χ0n) is 19.0. The van der Waals surface area contributed by atoms with Crippen LogP contribution >= 0.6 is 11.3 Å². The molecule has 5 rings (SSSR count). The summed E-state index contributed by atoms with van der Waals surface area (Å²) in [5.41, 5.74) is 1.63. The molecule has 0 radical (unpaired) electrons. The van der Waals surface area contributed by atoms with Crippen LogP contribution in [0.1, 0.15) is 34.1 Å². The maximum atomic E-state index is 13.4. The van der Waals surface area contributed by atoms with Crippen molar-refractivity contribution in [3.05, 3.63) is 88.6 Å². The van der Waals surface area contributed by atoms with E-state index in [4.69, 9.17) is 4.74 Å². The minimum Gasteiger partial charge on any atom is -0.508 e. The summed E-state index contributed by atoms with van der Waals surface area (Å²) in [7, 11) is 0. The molecular formula is C28H26FNO3S. The average Bonchev–Trinajstić information content (AvgIpc) is 3.41. The van der Waals surface area contributed by atoms with Crippen molar-refractivity contribution in [2.24, 2.45) is 5.92 Å². The second kappa shape index (κ2) is 9.57. The summed E-state index contributed by atoms with van der Waals surface area (Å²) in [6.45, 7) is 5.71. The lowest BCUT2D eigenvalue weighted by molar-refractivity contribution is 0.104. The average molecular weight is 476 g/mol. The molecular weight excluding hydrogens is 449 g/mol. The lowest BCUT2D eigenvalue weighted by atomic mass is 10.1. The highest BCUT2D eigenvalue weighted by atomic mass is 32.1. The molecule has 1 aliphatic heterocycles. The van der Waals surface area contributed by atoms with E-state index in [1.807, 2.05) is 12.1 Å². The van der Waals surface area contributed by atoms with Crippen molar-refractivity contribution in [3.8, 4) is 17.2 Å². The number of carbonyl (C=O) groups is 1. The van der Waals surface area contributed by atoms with Gasteiger partial charge in [-0.15, -0.1) is 11.3 Å². The van der Waals surface area contributed by atoms with Crippen molar-refractivity contribution >= 4 is 27.2 Å². The van der Waals surface area contributed by atoms with E-state index in [1.54, 1.807) is 18.2 Å². The first-order valence-electron chi connectivity index (χ1n) is 11.5. The number of aromatic hydroxyl groups is 1. The van der Waals surface area contributed by atoms with E-state index in [0.717, 1.165) is 29.0 Å². The zero-order valence-corrected chi connectivity index (χ0v) is 19.8. The highest BCUT2D eigenvalue weighted by molar-refractivity contribution is 7.21. The monoisotopic (exact) mass is 475 g/mol. The number of hydrogen-bond acceptors (Lipinski definition) is 5. The number of thiophene rings is 1. The van der Waals surface area contributed by atoms with Crippen LogP contribution in [0.4, 0.5) is 4.39 Å². The van der Waals surface area contributed by atoms with Crippen molar-refractivity contribution in [2.75, 3.05) is 19.6 Å². The Labute approximate surface area is 202 Å². The smallest absolute Gasteiger partial charge is 0.206 e. The predicted molar refractivity (Wildman–Crippen MR) is 134 cm³/mol. The highest BCUT2D eigenvalue weighted by Gasteiger charge is 2.22. The van der Waals surface area contributed by atoms with Crippen molar-refractivity contribution < 1.29 is 19.0 Å². The number of phenolic OH excluding ortho intramolecular Hbond substituents is 1. The maximum Gasteiger partial charge on any atom is 0.206 e. The van der Waals surface area contributed by atoms with Gasteiger partial charge in [-0.2, -0.15) is 0 Å². The lowest BCUT2D eigenvalue weighted by Crippen LogP contribution is -2.22. The van der Waals surface area contributed by atoms with Gasteiger partial charge in [-0.3, -0.25) is 4.79 Å². The Morgan fingerprint density at radius 2 is 1.88 bits per heavy atom. The molecule has 1 aliphatic rings. The number of halogens is 1. The first kappa shape index (κ1) is 22.6. The van der Waals surface area contributed by atoms with Crippen LogP contribution in [0.15, 0.2) is 66.7 Å². The molecule has 34 heavy (non-hydrogen) atoms. The van der Waals surface area contributed by atoms with Gasteiger partial charge in [0.1, 0.15) is 22.2 Å². The van der Waals surface area contributed by atoms with Gasteiger partial charge in [-0.05, 0) is 85.5 Å². The summed E-state index contributed by atoms with van der Waals surface area (Å²) in [6, 6.07) is 18.4. The lowest BCUT2D eigenvalue weighted by Gasteiger charge is -2.15. The Kier molecular flexibility index (Phi) is 6.35. The van der Waals surface area contributed by atoms with E-state index >= 15 is 0 Å². The number of ether oxygens (including phenoxy) is 1. The predicted octanol–water partition coefficient (Wildman–Crippen LogP) is 6.65. The van der Waals surface area contributed by atoms with Gasteiger partial charge < -0.3 is 14.7 Å². The van der Waals surface area contributed by atoms with E-state index in [1.165, 1.54) is 60.7 Å². The normalized spacial score (nSPS) is 16.2. The molecule has 174 valence electrons. The van der Waals surface area contributed by atoms with Crippen LogP contribution in [0.5, 0.6) is 17.2 Å². The Morgan fingerprint density at radius 1 is 1.12 bits per heavy atom. The first-order chi connectivity index (χ1) is 16.5. The number of ketones is 1. The number of benzene rings is 3. The number of fused-ring (bicyclic) bond motifs is 1. The van der Waals surface area contributed by atoms with E-state index in [-0.39, 0.29) is 11.5 Å². The number of nitrogens with zero attached hydrogens (tertiary/aromatic N) is 1. The fourth-order valence-electron chi connectivity index (χ4n) is 4.40. The highest BCUT2D eigenvalue weighted by Crippen LogP contribution is 2.42. The van der Waals surface area contributed by atoms with Crippen molar-refractivity contribution in [3.63, 3.8) is 0 Å². The van der Waals surface area contributed by atoms with Gasteiger partial charge in [0.25, 0.3) is 0 Å². The SMILES string of the molecule is C[C@H]1CCN(CCc2ccc(Oc3c(C(=O)c4ccc(F)cc4)sc4cc(O)ccc34)cc2)C1. The van der Waals surface area contributed by atoms with Crippen molar-refractivity contribution in [1.82, 2.24) is 4.90 Å². The molecule has 3 aromatic carbocycles. The van der Waals surface area contributed by atoms with Crippen LogP contribution in [0.25, 0.3) is 10.1 Å². The number of phenols is 1. The van der Waals surface area contributed by atoms with Crippen LogP contribution in [-0.4, -0.2) is 35.4 Å². The summed E-state index contributed by atoms with van der Waals surface area (Å²) >= 11 is 1.26. The van der Waals surface area contributed by atoms with Crippen LogP contribution < -0.4 is 4.74 Å². The summed E-state index contributed by atoms with van der Waals surface area (Å²) < 4.78 is 20.3. The molecule has 1 aromatic heterocycles. The molecule has 0 spiro atoms. The number of rotatable bonds is 7. The van der Waals surface area contributed by atoms with E-state index in [0.29, 0.717) is 21.9 Å². The van der Waals surface area contributed by atoms with Gasteiger partial charge >= 0.3 is 0 Å². The zero-order chi connectivity index (χ0) is 23.7. The third kappa shape index (κ3) is 4.83. The number of likely N-dealkylation sites (tertiary alicyclic amines) is 1. The summed E-state index contributed by atoms with van der Waals surface area (Å²) in [5.74, 6) is 1.36. The van der Waals surface area contributed by atoms with E-state index in [2.05, 4.69) is 24.0 Å². The maximum absolute atomic E-state index is 13.4. The second-order valence-corrected chi connectivity index (χ2v) is 10.0. The van der Waals surface area contributed by atoms with Crippen LogP contribution in [-0.2, 0) is 6.42 Å². The fraction of sp³-hybridized carbons (Fsp3) is 0.250. The van der Waals surface area contributed by atoms with Crippen LogP contribution in [0.3, 0.4) is 0 Å². The number of carbonyl (C=O) groups excluding carboxylic acids is 1. The van der Waals surface area contributed by atoms with Gasteiger partial charge in [-0.25, -0.2) is 4.39 Å². The molecule has 0 aliphatic carbocycles. The molecule has 6 heteroatoms. The molecule has 1 fully saturated rings. The molecule has 0 bridgehead atoms. The van der Waals surface area contributed by atoms with Gasteiger partial charge in [0.15, 0.2) is 5.75 Å². The second-order valence-electron chi connectivity index (χ2n) is 8.97. The molecule has 2 heterocycles. The minimum atomic E-state index is -0.395. The topological polar surface area (TPSA) is 49.8 Å². The molecule has 1 saturated heterocycles. The Balaban J connectivity index is 1.39. The van der Waals surface area contributed by atoms with E-state index in [9.17, 15) is 14.3 Å². The molecule has 1 atom stereocenters. The van der Waals surface area contributed by atoms with Gasteiger partial charge in [0.05, 0.1) is 0 Å². The van der Waals surface area contributed by atoms with Gasteiger partial charge in [0, 0.05) is 28.7 Å². The Morgan fingerprint density at radius 3 is 2.59 bits per heavy atom. The quantitative estimate of drug-likeness (QED) is 0.304. The number of hydrogen-bond donors (Lipinski definition) is 1. The fourth-order valence-corrected chi connectivity index (χ4v) is 5.53.